The fourth-order valence-corrected chi connectivity index (χ4v) is 1.90. The van der Waals surface area contributed by atoms with Crippen molar-refractivity contribution in [1.82, 2.24) is 5.32 Å². The Morgan fingerprint density at radius 1 is 1.23 bits per heavy atom. The minimum atomic E-state index is -1.15. The van der Waals surface area contributed by atoms with Gasteiger partial charge in [-0.25, -0.2) is 9.59 Å². The van der Waals surface area contributed by atoms with Gasteiger partial charge in [0.15, 0.2) is 0 Å². The molecule has 0 aliphatic rings. The second-order valence-corrected chi connectivity index (χ2v) is 4.81. The number of carbonyl (C=O) groups excluding carboxylic acids is 1. The van der Waals surface area contributed by atoms with Crippen molar-refractivity contribution in [2.24, 2.45) is 0 Å². The first-order valence-corrected chi connectivity index (χ1v) is 6.80. The maximum Gasteiger partial charge on any atom is 0.408 e. The van der Waals surface area contributed by atoms with E-state index in [0.29, 0.717) is 11.5 Å². The van der Waals surface area contributed by atoms with E-state index in [1.165, 1.54) is 0 Å². The van der Waals surface area contributed by atoms with Gasteiger partial charge in [-0.1, -0.05) is 30.3 Å². The van der Waals surface area contributed by atoms with E-state index in [4.69, 9.17) is 14.3 Å². The molecule has 0 aliphatic carbocycles. The van der Waals surface area contributed by atoms with Gasteiger partial charge in [-0.05, 0) is 24.6 Å². The quantitative estimate of drug-likeness (QED) is 0.856. The maximum atomic E-state index is 11.7. The number of aliphatic carboxylic acids is 1. The average Bonchev–Trinajstić information content (AvgIpc) is 2.91. The van der Waals surface area contributed by atoms with Crippen molar-refractivity contribution >= 4 is 12.1 Å². The molecule has 1 heterocycles. The van der Waals surface area contributed by atoms with E-state index < -0.39 is 18.1 Å². The molecule has 1 amide bonds. The van der Waals surface area contributed by atoms with Gasteiger partial charge < -0.3 is 19.6 Å². The van der Waals surface area contributed by atoms with Crippen molar-refractivity contribution < 1.29 is 23.8 Å². The summed E-state index contributed by atoms with van der Waals surface area (Å²) >= 11 is 0. The van der Waals surface area contributed by atoms with Crippen LogP contribution >= 0.6 is 0 Å². The summed E-state index contributed by atoms with van der Waals surface area (Å²) in [6.45, 7) is 1.85. The van der Waals surface area contributed by atoms with Crippen molar-refractivity contribution in [2.45, 2.75) is 26.0 Å². The van der Waals surface area contributed by atoms with Crippen molar-refractivity contribution in [1.29, 1.82) is 0 Å². The molecule has 2 N–H and O–H groups in total. The smallest absolute Gasteiger partial charge is 0.408 e. The lowest BCUT2D eigenvalue weighted by atomic mass is 10.2. The molecule has 2 rings (SSSR count). The average molecular weight is 303 g/mol. The molecule has 0 saturated carbocycles. The molecule has 0 radical (unpaired) electrons. The van der Waals surface area contributed by atoms with E-state index in [-0.39, 0.29) is 13.0 Å². The van der Waals surface area contributed by atoms with Crippen LogP contribution < -0.4 is 5.32 Å². The van der Waals surface area contributed by atoms with Crippen LogP contribution in [-0.4, -0.2) is 23.2 Å². The number of hydrogen-bond acceptors (Lipinski definition) is 4. The zero-order chi connectivity index (χ0) is 15.9. The number of ether oxygens (including phenoxy) is 1. The number of alkyl carbamates (subject to hydrolysis) is 1. The molecule has 0 unspecified atom stereocenters. The number of benzene rings is 1. The van der Waals surface area contributed by atoms with E-state index in [1.807, 2.05) is 30.3 Å². The predicted molar refractivity (Wildman–Crippen MR) is 78.3 cm³/mol. The zero-order valence-corrected chi connectivity index (χ0v) is 12.1. The molecular formula is C16H17NO5. The SMILES string of the molecule is Cc1ccc(C[C@@H](NC(=O)OCc2ccccc2)C(=O)O)o1. The highest BCUT2D eigenvalue weighted by molar-refractivity contribution is 5.80. The van der Waals surface area contributed by atoms with Crippen LogP contribution in [0, 0.1) is 6.92 Å². The van der Waals surface area contributed by atoms with Crippen LogP contribution in [0.1, 0.15) is 17.1 Å². The molecule has 1 aromatic carbocycles. The molecule has 1 atom stereocenters. The van der Waals surface area contributed by atoms with Crippen LogP contribution in [0.5, 0.6) is 0 Å². The first-order valence-electron chi connectivity index (χ1n) is 6.80. The van der Waals surface area contributed by atoms with Gasteiger partial charge in [0.2, 0.25) is 0 Å². The molecule has 0 fully saturated rings. The Bertz CT molecular complexity index is 635. The van der Waals surface area contributed by atoms with Gasteiger partial charge in [0.25, 0.3) is 0 Å². The molecule has 22 heavy (non-hydrogen) atoms. The summed E-state index contributed by atoms with van der Waals surface area (Å²) < 4.78 is 10.3. The lowest BCUT2D eigenvalue weighted by Crippen LogP contribution is -2.42. The molecule has 0 spiro atoms. The number of rotatable bonds is 6. The van der Waals surface area contributed by atoms with Crippen LogP contribution in [-0.2, 0) is 22.6 Å². The minimum Gasteiger partial charge on any atom is -0.480 e. The van der Waals surface area contributed by atoms with Gasteiger partial charge in [0.05, 0.1) is 0 Å². The maximum absolute atomic E-state index is 11.7. The number of hydrogen-bond donors (Lipinski definition) is 2. The zero-order valence-electron chi connectivity index (χ0n) is 12.1. The Labute approximate surface area is 127 Å². The Balaban J connectivity index is 1.87. The molecule has 0 saturated heterocycles. The van der Waals surface area contributed by atoms with E-state index in [2.05, 4.69) is 5.32 Å². The van der Waals surface area contributed by atoms with Gasteiger partial charge >= 0.3 is 12.1 Å². The number of carboxylic acids is 1. The molecule has 6 heteroatoms. The summed E-state index contributed by atoms with van der Waals surface area (Å²) in [5.74, 6) is 0.0322. The number of carboxylic acid groups (broad SMARTS) is 1. The van der Waals surface area contributed by atoms with Gasteiger partial charge in [-0.2, -0.15) is 0 Å². The number of carbonyl (C=O) groups is 2. The van der Waals surface area contributed by atoms with Crippen molar-refractivity contribution in [3.05, 3.63) is 59.5 Å². The predicted octanol–water partition coefficient (Wildman–Crippen LogP) is 2.51. The third kappa shape index (κ3) is 4.66. The second-order valence-electron chi connectivity index (χ2n) is 4.81. The molecule has 6 nitrogen and oxygen atoms in total. The van der Waals surface area contributed by atoms with Crippen LogP contribution in [0.25, 0.3) is 0 Å². The lowest BCUT2D eigenvalue weighted by molar-refractivity contribution is -0.139. The van der Waals surface area contributed by atoms with Gasteiger partial charge in [0, 0.05) is 6.42 Å². The first-order chi connectivity index (χ1) is 10.5. The summed E-state index contributed by atoms with van der Waals surface area (Å²) in [5, 5.41) is 11.5. The normalized spacial score (nSPS) is 11.7. The topological polar surface area (TPSA) is 88.8 Å². The van der Waals surface area contributed by atoms with Crippen molar-refractivity contribution in [3.8, 4) is 0 Å². The highest BCUT2D eigenvalue weighted by Gasteiger charge is 2.22. The van der Waals surface area contributed by atoms with Crippen LogP contribution in [0.2, 0.25) is 0 Å². The summed E-state index contributed by atoms with van der Waals surface area (Å²) in [6, 6.07) is 11.5. The Morgan fingerprint density at radius 2 is 1.95 bits per heavy atom. The molecule has 1 aromatic heterocycles. The molecular weight excluding hydrogens is 286 g/mol. The highest BCUT2D eigenvalue weighted by Crippen LogP contribution is 2.09. The number of nitrogens with one attached hydrogen (secondary N) is 1. The summed E-state index contributed by atoms with van der Waals surface area (Å²) in [4.78, 5) is 22.9. The van der Waals surface area contributed by atoms with Crippen molar-refractivity contribution in [2.75, 3.05) is 0 Å². The Kier molecular flexibility index (Phi) is 5.19. The van der Waals surface area contributed by atoms with Crippen LogP contribution in [0.3, 0.4) is 0 Å². The van der Waals surface area contributed by atoms with E-state index in [0.717, 1.165) is 5.56 Å². The van der Waals surface area contributed by atoms with Gasteiger partial charge in [-0.15, -0.1) is 0 Å². The fraction of sp³-hybridized carbons (Fsp3) is 0.250. The molecule has 116 valence electrons. The molecule has 0 aliphatic heterocycles. The Hall–Kier alpha value is -2.76. The van der Waals surface area contributed by atoms with E-state index in [9.17, 15) is 9.59 Å². The largest absolute Gasteiger partial charge is 0.480 e. The van der Waals surface area contributed by atoms with Crippen molar-refractivity contribution in [3.63, 3.8) is 0 Å². The van der Waals surface area contributed by atoms with E-state index in [1.54, 1.807) is 19.1 Å². The fourth-order valence-electron chi connectivity index (χ4n) is 1.90. The van der Waals surface area contributed by atoms with E-state index >= 15 is 0 Å². The Morgan fingerprint density at radius 3 is 2.55 bits per heavy atom. The highest BCUT2D eigenvalue weighted by atomic mass is 16.5. The third-order valence-electron chi connectivity index (χ3n) is 3.00. The number of aryl methyl sites for hydroxylation is 1. The summed E-state index contributed by atoms with van der Waals surface area (Å²) in [7, 11) is 0. The van der Waals surface area contributed by atoms with Crippen LogP contribution in [0.15, 0.2) is 46.9 Å². The molecule has 0 bridgehead atoms. The van der Waals surface area contributed by atoms with Crippen LogP contribution in [0.4, 0.5) is 4.79 Å². The monoisotopic (exact) mass is 303 g/mol. The summed E-state index contributed by atoms with van der Waals surface area (Å²) in [6.07, 6.45) is -0.719. The number of furan rings is 1. The standard InChI is InChI=1S/C16H17NO5/c1-11-7-8-13(22-11)9-14(15(18)19)17-16(20)21-10-12-5-3-2-4-6-12/h2-8,14H,9-10H2,1H3,(H,17,20)(H,18,19)/t14-/m1/s1. The molecule has 2 aromatic rings. The summed E-state index contributed by atoms with van der Waals surface area (Å²) in [5.41, 5.74) is 0.825. The lowest BCUT2D eigenvalue weighted by Gasteiger charge is -2.13. The number of amides is 1. The van der Waals surface area contributed by atoms with Gasteiger partial charge in [0.1, 0.15) is 24.2 Å². The van der Waals surface area contributed by atoms with Gasteiger partial charge in [-0.3, -0.25) is 0 Å². The first kappa shape index (κ1) is 15.6. The second kappa shape index (κ2) is 7.31. The minimum absolute atomic E-state index is 0.0591. The third-order valence-corrected chi connectivity index (χ3v) is 3.00.